The molecule has 0 bridgehead atoms. The Morgan fingerprint density at radius 1 is 1.44 bits per heavy atom. The average Bonchev–Trinajstić information content (AvgIpc) is 2.55. The summed E-state index contributed by atoms with van der Waals surface area (Å²) in [6, 6.07) is 4.59. The van der Waals surface area contributed by atoms with Gasteiger partial charge in [0.1, 0.15) is 5.82 Å². The van der Waals surface area contributed by atoms with Gasteiger partial charge in [0.25, 0.3) is 0 Å². The molecule has 2 aromatic rings. The molecule has 0 saturated carbocycles. The predicted octanol–water partition coefficient (Wildman–Crippen LogP) is 4.14. The Balaban J connectivity index is 1.77. The van der Waals surface area contributed by atoms with E-state index in [1.807, 2.05) is 0 Å². The molecule has 0 amide bonds. The van der Waals surface area contributed by atoms with E-state index in [0.717, 1.165) is 19.4 Å². The van der Waals surface area contributed by atoms with E-state index in [-0.39, 0.29) is 11.4 Å². The maximum absolute atomic E-state index is 14.2. The van der Waals surface area contributed by atoms with Crippen molar-refractivity contribution in [1.82, 2.24) is 9.97 Å². The topological polar surface area (TPSA) is 73.1 Å². The summed E-state index contributed by atoms with van der Waals surface area (Å²) in [6.45, 7) is 5.52. The van der Waals surface area contributed by atoms with Gasteiger partial charge >= 0.3 is 0 Å². The van der Waals surface area contributed by atoms with Crippen LogP contribution >= 0.6 is 11.6 Å². The highest BCUT2D eigenvalue weighted by Gasteiger charge is 2.28. The quantitative estimate of drug-likeness (QED) is 0.853. The molecule has 134 valence electrons. The molecule has 5 nitrogen and oxygen atoms in total. The molecular weight excluding hydrogens is 343 g/mol. The Bertz CT molecular complexity index is 769. The molecule has 3 heterocycles. The molecule has 3 rings (SSSR count). The number of nitrogen functional groups attached to an aromatic ring is 1. The summed E-state index contributed by atoms with van der Waals surface area (Å²) >= 11 is 6.17. The lowest BCUT2D eigenvalue weighted by molar-refractivity contribution is -0.0699. The van der Waals surface area contributed by atoms with Gasteiger partial charge in [0.2, 0.25) is 0 Å². The average molecular weight is 365 g/mol. The maximum atomic E-state index is 14.2. The SMILES string of the molecule is CC1(C)C[C@@H](CNc2nc(-c3cc(N)ncc3Cl)ccc2F)CCO1. The number of pyridine rings is 2. The first-order valence-corrected chi connectivity index (χ1v) is 8.67. The monoisotopic (exact) mass is 364 g/mol. The van der Waals surface area contributed by atoms with E-state index < -0.39 is 5.82 Å². The van der Waals surface area contributed by atoms with Gasteiger partial charge in [0, 0.05) is 24.9 Å². The third-order valence-corrected chi connectivity index (χ3v) is 4.66. The largest absolute Gasteiger partial charge is 0.384 e. The Labute approximate surface area is 151 Å². The van der Waals surface area contributed by atoms with Crippen LogP contribution in [0.4, 0.5) is 16.0 Å². The number of ether oxygens (including phenoxy) is 1. The van der Waals surface area contributed by atoms with Gasteiger partial charge < -0.3 is 15.8 Å². The number of hydrogen-bond donors (Lipinski definition) is 2. The summed E-state index contributed by atoms with van der Waals surface area (Å²) in [4.78, 5) is 8.31. The van der Waals surface area contributed by atoms with Gasteiger partial charge in [0.15, 0.2) is 11.6 Å². The molecule has 0 aromatic carbocycles. The molecule has 1 fully saturated rings. The van der Waals surface area contributed by atoms with Crippen molar-refractivity contribution in [3.05, 3.63) is 35.2 Å². The summed E-state index contributed by atoms with van der Waals surface area (Å²) in [5.74, 6) is 0.569. The number of nitrogens with zero attached hydrogens (tertiary/aromatic N) is 2. The van der Waals surface area contributed by atoms with Crippen molar-refractivity contribution in [2.45, 2.75) is 32.3 Å². The van der Waals surface area contributed by atoms with Crippen LogP contribution in [0.2, 0.25) is 5.02 Å². The Kier molecular flexibility index (Phi) is 5.11. The Morgan fingerprint density at radius 2 is 2.24 bits per heavy atom. The van der Waals surface area contributed by atoms with E-state index in [0.29, 0.717) is 34.6 Å². The second-order valence-electron chi connectivity index (χ2n) is 6.96. The number of anilines is 2. The number of halogens is 2. The van der Waals surface area contributed by atoms with Crippen LogP contribution in [0.25, 0.3) is 11.3 Å². The van der Waals surface area contributed by atoms with E-state index in [4.69, 9.17) is 22.1 Å². The van der Waals surface area contributed by atoms with Crippen LogP contribution in [0.5, 0.6) is 0 Å². The van der Waals surface area contributed by atoms with Crippen molar-refractivity contribution in [3.8, 4) is 11.3 Å². The van der Waals surface area contributed by atoms with Crippen LogP contribution in [-0.4, -0.2) is 28.7 Å². The van der Waals surface area contributed by atoms with Crippen molar-refractivity contribution in [3.63, 3.8) is 0 Å². The van der Waals surface area contributed by atoms with E-state index in [1.54, 1.807) is 12.1 Å². The lowest BCUT2D eigenvalue weighted by Gasteiger charge is -2.35. The smallest absolute Gasteiger partial charge is 0.165 e. The van der Waals surface area contributed by atoms with E-state index in [1.165, 1.54) is 12.3 Å². The van der Waals surface area contributed by atoms with Crippen molar-refractivity contribution in [1.29, 1.82) is 0 Å². The highest BCUT2D eigenvalue weighted by Crippen LogP contribution is 2.30. The molecule has 25 heavy (non-hydrogen) atoms. The highest BCUT2D eigenvalue weighted by molar-refractivity contribution is 6.33. The third kappa shape index (κ3) is 4.38. The lowest BCUT2D eigenvalue weighted by atomic mass is 9.88. The summed E-state index contributed by atoms with van der Waals surface area (Å²) < 4.78 is 19.9. The first-order valence-electron chi connectivity index (χ1n) is 8.30. The van der Waals surface area contributed by atoms with Gasteiger partial charge in [-0.25, -0.2) is 14.4 Å². The minimum Gasteiger partial charge on any atom is -0.384 e. The number of rotatable bonds is 4. The number of aromatic nitrogens is 2. The molecule has 0 radical (unpaired) electrons. The number of nitrogens with two attached hydrogens (primary N) is 1. The molecule has 0 spiro atoms. The molecule has 2 aromatic heterocycles. The van der Waals surface area contributed by atoms with Gasteiger partial charge in [-0.15, -0.1) is 0 Å². The molecule has 7 heteroatoms. The Morgan fingerprint density at radius 3 is 3.00 bits per heavy atom. The van der Waals surface area contributed by atoms with Crippen molar-refractivity contribution < 1.29 is 9.13 Å². The molecule has 0 unspecified atom stereocenters. The normalized spacial score (nSPS) is 19.6. The molecular formula is C18H22ClFN4O. The summed E-state index contributed by atoms with van der Waals surface area (Å²) in [6.07, 6.45) is 3.34. The molecule has 1 atom stereocenters. The first kappa shape index (κ1) is 17.9. The van der Waals surface area contributed by atoms with Crippen molar-refractivity contribution >= 4 is 23.2 Å². The minimum atomic E-state index is -0.395. The van der Waals surface area contributed by atoms with E-state index in [2.05, 4.69) is 29.1 Å². The zero-order valence-corrected chi connectivity index (χ0v) is 15.1. The fourth-order valence-corrected chi connectivity index (χ4v) is 3.34. The fourth-order valence-electron chi connectivity index (χ4n) is 3.14. The maximum Gasteiger partial charge on any atom is 0.165 e. The Hall–Kier alpha value is -1.92. The van der Waals surface area contributed by atoms with E-state index in [9.17, 15) is 4.39 Å². The standard InChI is InChI=1S/C18H22ClFN4O/c1-18(2)8-11(5-6-25-18)9-23-17-14(20)3-4-15(24-17)12-7-16(21)22-10-13(12)19/h3-4,7,10-11H,5-6,8-9H2,1-2H3,(H2,21,22)(H,23,24)/t11-/m0/s1. The van der Waals surface area contributed by atoms with Crippen LogP contribution in [0.15, 0.2) is 24.4 Å². The number of hydrogen-bond acceptors (Lipinski definition) is 5. The molecule has 3 N–H and O–H groups in total. The fraction of sp³-hybridized carbons (Fsp3) is 0.444. The molecule has 1 saturated heterocycles. The van der Waals surface area contributed by atoms with Gasteiger partial charge in [-0.3, -0.25) is 0 Å². The molecule has 0 aliphatic carbocycles. The predicted molar refractivity (Wildman–Crippen MR) is 98.1 cm³/mol. The second-order valence-corrected chi connectivity index (χ2v) is 7.37. The third-order valence-electron chi connectivity index (χ3n) is 4.36. The van der Waals surface area contributed by atoms with E-state index >= 15 is 0 Å². The zero-order valence-electron chi connectivity index (χ0n) is 14.4. The summed E-state index contributed by atoms with van der Waals surface area (Å²) in [5.41, 5.74) is 6.76. The van der Waals surface area contributed by atoms with Crippen LogP contribution in [-0.2, 0) is 4.74 Å². The van der Waals surface area contributed by atoms with Crippen LogP contribution in [0, 0.1) is 11.7 Å². The molecule has 1 aliphatic heterocycles. The van der Waals surface area contributed by atoms with Gasteiger partial charge in [0.05, 0.1) is 16.3 Å². The lowest BCUT2D eigenvalue weighted by Crippen LogP contribution is -2.36. The first-order chi connectivity index (χ1) is 11.8. The summed E-state index contributed by atoms with van der Waals surface area (Å²) in [7, 11) is 0. The van der Waals surface area contributed by atoms with Crippen LogP contribution < -0.4 is 11.1 Å². The second kappa shape index (κ2) is 7.14. The van der Waals surface area contributed by atoms with Gasteiger partial charge in [-0.1, -0.05) is 11.6 Å². The number of nitrogens with one attached hydrogen (secondary N) is 1. The summed E-state index contributed by atoms with van der Waals surface area (Å²) in [5, 5.41) is 3.55. The minimum absolute atomic E-state index is 0.138. The highest BCUT2D eigenvalue weighted by atomic mass is 35.5. The van der Waals surface area contributed by atoms with Crippen molar-refractivity contribution in [2.75, 3.05) is 24.2 Å². The van der Waals surface area contributed by atoms with Gasteiger partial charge in [-0.2, -0.15) is 0 Å². The van der Waals surface area contributed by atoms with Gasteiger partial charge in [-0.05, 0) is 50.8 Å². The molecule has 1 aliphatic rings. The van der Waals surface area contributed by atoms with Crippen molar-refractivity contribution in [2.24, 2.45) is 5.92 Å². The zero-order chi connectivity index (χ0) is 18.0. The van der Waals surface area contributed by atoms with Crippen LogP contribution in [0.3, 0.4) is 0 Å². The van der Waals surface area contributed by atoms with Crippen LogP contribution in [0.1, 0.15) is 26.7 Å².